The largest absolute Gasteiger partial charge is 0.497 e. The molecule has 1 heterocycles. The molecule has 3 amide bonds. The van der Waals surface area contributed by atoms with Crippen LogP contribution < -0.4 is 9.64 Å². The number of methoxy groups -OCH3 is 2. The van der Waals surface area contributed by atoms with Crippen molar-refractivity contribution in [1.29, 1.82) is 0 Å². The second-order valence-corrected chi connectivity index (χ2v) is 4.65. The maximum Gasteiger partial charge on any atom is 0.332 e. The first-order chi connectivity index (χ1) is 9.58. The van der Waals surface area contributed by atoms with Crippen LogP contribution in [0.4, 0.5) is 10.5 Å². The minimum atomic E-state index is -0.401. The van der Waals surface area contributed by atoms with Crippen molar-refractivity contribution in [2.75, 3.05) is 38.8 Å². The quantitative estimate of drug-likeness (QED) is 0.777. The third kappa shape index (κ3) is 2.71. The highest BCUT2D eigenvalue weighted by molar-refractivity contribution is 6.35. The van der Waals surface area contributed by atoms with Crippen molar-refractivity contribution < 1.29 is 19.1 Å². The van der Waals surface area contributed by atoms with Crippen LogP contribution in [0.25, 0.3) is 0 Å². The Bertz CT molecular complexity index is 535. The fourth-order valence-corrected chi connectivity index (χ4v) is 2.16. The number of hydrogen-bond acceptors (Lipinski definition) is 4. The Morgan fingerprint density at radius 2 is 2.05 bits per heavy atom. The molecule has 0 saturated carbocycles. The van der Waals surface area contributed by atoms with Gasteiger partial charge in [-0.1, -0.05) is 11.6 Å². The molecule has 0 N–H and O–H groups in total. The minimum Gasteiger partial charge on any atom is -0.497 e. The lowest BCUT2D eigenvalue weighted by Gasteiger charge is -2.18. The van der Waals surface area contributed by atoms with Crippen LogP contribution in [0.15, 0.2) is 18.2 Å². The third-order valence-corrected chi connectivity index (χ3v) is 3.32. The van der Waals surface area contributed by atoms with Gasteiger partial charge in [0.1, 0.15) is 12.3 Å². The van der Waals surface area contributed by atoms with E-state index in [0.717, 1.165) is 4.90 Å². The summed E-state index contributed by atoms with van der Waals surface area (Å²) in [4.78, 5) is 26.8. The van der Waals surface area contributed by atoms with Gasteiger partial charge in [-0.25, -0.2) is 9.69 Å². The lowest BCUT2D eigenvalue weighted by molar-refractivity contribution is -0.116. The summed E-state index contributed by atoms with van der Waals surface area (Å²) in [7, 11) is 3.05. The highest BCUT2D eigenvalue weighted by Gasteiger charge is 2.37. The number of anilines is 1. The van der Waals surface area contributed by atoms with Crippen LogP contribution in [-0.2, 0) is 9.53 Å². The van der Waals surface area contributed by atoms with Crippen LogP contribution in [0.5, 0.6) is 5.75 Å². The van der Waals surface area contributed by atoms with Crippen molar-refractivity contribution in [1.82, 2.24) is 4.90 Å². The topological polar surface area (TPSA) is 59.1 Å². The Morgan fingerprint density at radius 3 is 2.70 bits per heavy atom. The number of carbonyl (C=O) groups excluding carboxylic acids is 2. The number of nitrogens with zero attached hydrogens (tertiary/aromatic N) is 2. The van der Waals surface area contributed by atoms with Crippen molar-refractivity contribution >= 4 is 29.2 Å². The molecule has 0 bridgehead atoms. The standard InChI is InChI=1S/C13H15ClN2O4/c1-19-6-5-15-8-12(17)16(13(15)18)11-7-9(20-2)3-4-10(11)14/h3-4,7H,5-6,8H2,1-2H3. The number of hydrogen-bond donors (Lipinski definition) is 0. The minimum absolute atomic E-state index is 0.0235. The van der Waals surface area contributed by atoms with E-state index in [1.165, 1.54) is 12.0 Å². The molecule has 108 valence electrons. The lowest BCUT2D eigenvalue weighted by atomic mass is 10.2. The Kier molecular flexibility index (Phi) is 4.46. The monoisotopic (exact) mass is 298 g/mol. The molecule has 7 heteroatoms. The summed E-state index contributed by atoms with van der Waals surface area (Å²) >= 11 is 6.07. The average molecular weight is 299 g/mol. The summed E-state index contributed by atoms with van der Waals surface area (Å²) in [5.74, 6) is 0.210. The summed E-state index contributed by atoms with van der Waals surface area (Å²) in [6.07, 6.45) is 0. The normalized spacial score (nSPS) is 15.2. The highest BCUT2D eigenvalue weighted by atomic mass is 35.5. The first-order valence-electron chi connectivity index (χ1n) is 6.02. The van der Waals surface area contributed by atoms with Gasteiger partial charge < -0.3 is 14.4 Å². The number of urea groups is 1. The van der Waals surface area contributed by atoms with Crippen molar-refractivity contribution in [3.63, 3.8) is 0 Å². The van der Waals surface area contributed by atoms with Gasteiger partial charge >= 0.3 is 6.03 Å². The van der Waals surface area contributed by atoms with E-state index in [4.69, 9.17) is 21.1 Å². The summed E-state index contributed by atoms with van der Waals surface area (Å²) in [5.41, 5.74) is 0.334. The lowest BCUT2D eigenvalue weighted by Crippen LogP contribution is -2.34. The van der Waals surface area contributed by atoms with Crippen LogP contribution in [0.3, 0.4) is 0 Å². The van der Waals surface area contributed by atoms with Crippen molar-refractivity contribution in [3.8, 4) is 5.75 Å². The Balaban J connectivity index is 2.28. The van der Waals surface area contributed by atoms with Crippen LogP contribution in [0, 0.1) is 0 Å². The van der Waals surface area contributed by atoms with Gasteiger partial charge in [-0.3, -0.25) is 4.79 Å². The van der Waals surface area contributed by atoms with Crippen molar-refractivity contribution in [2.24, 2.45) is 0 Å². The zero-order chi connectivity index (χ0) is 14.7. The average Bonchev–Trinajstić information content (AvgIpc) is 2.72. The molecule has 1 saturated heterocycles. The van der Waals surface area contributed by atoms with E-state index >= 15 is 0 Å². The zero-order valence-corrected chi connectivity index (χ0v) is 12.0. The SMILES string of the molecule is COCCN1CC(=O)N(c2cc(OC)ccc2Cl)C1=O. The van der Waals surface area contributed by atoms with E-state index in [2.05, 4.69) is 0 Å². The van der Waals surface area contributed by atoms with Crippen molar-refractivity contribution in [3.05, 3.63) is 23.2 Å². The van der Waals surface area contributed by atoms with Crippen LogP contribution in [-0.4, -0.2) is 50.8 Å². The van der Waals surface area contributed by atoms with Gasteiger partial charge in [-0.15, -0.1) is 0 Å². The van der Waals surface area contributed by atoms with E-state index in [1.807, 2.05) is 0 Å². The summed E-state index contributed by atoms with van der Waals surface area (Å²) < 4.78 is 10.0. The molecule has 2 rings (SSSR count). The first kappa shape index (κ1) is 14.6. The van der Waals surface area contributed by atoms with Crippen LogP contribution >= 0.6 is 11.6 Å². The van der Waals surface area contributed by atoms with Gasteiger partial charge in [0.05, 0.1) is 24.4 Å². The molecule has 0 aliphatic carbocycles. The molecular weight excluding hydrogens is 284 g/mol. The van der Waals surface area contributed by atoms with Crippen molar-refractivity contribution in [2.45, 2.75) is 0 Å². The van der Waals surface area contributed by atoms with Gasteiger partial charge in [0, 0.05) is 19.7 Å². The third-order valence-electron chi connectivity index (χ3n) is 3.00. The van der Waals surface area contributed by atoms with E-state index in [0.29, 0.717) is 29.6 Å². The Labute approximate surface area is 121 Å². The molecule has 1 fully saturated rings. The van der Waals surface area contributed by atoms with Gasteiger partial charge in [0.2, 0.25) is 0 Å². The predicted octanol–water partition coefficient (Wildman–Crippen LogP) is 1.76. The van der Waals surface area contributed by atoms with Gasteiger partial charge in [-0.05, 0) is 12.1 Å². The molecule has 0 unspecified atom stereocenters. The molecule has 6 nitrogen and oxygen atoms in total. The van der Waals surface area contributed by atoms with Gasteiger partial charge in [0.25, 0.3) is 5.91 Å². The fourth-order valence-electron chi connectivity index (χ4n) is 1.95. The molecule has 0 spiro atoms. The zero-order valence-electron chi connectivity index (χ0n) is 11.3. The highest BCUT2D eigenvalue weighted by Crippen LogP contribution is 2.32. The molecule has 0 atom stereocenters. The number of rotatable bonds is 5. The number of carbonyl (C=O) groups is 2. The Morgan fingerprint density at radius 1 is 1.30 bits per heavy atom. The molecule has 0 aromatic heterocycles. The van der Waals surface area contributed by atoms with E-state index < -0.39 is 6.03 Å². The maximum absolute atomic E-state index is 12.3. The molecule has 1 aliphatic rings. The fraction of sp³-hybridized carbons (Fsp3) is 0.385. The summed E-state index contributed by atoms with van der Waals surface area (Å²) in [6.45, 7) is 0.758. The second-order valence-electron chi connectivity index (χ2n) is 4.24. The number of halogens is 1. The van der Waals surface area contributed by atoms with Crippen LogP contribution in [0.1, 0.15) is 0 Å². The molecule has 1 aliphatic heterocycles. The maximum atomic E-state index is 12.3. The number of benzene rings is 1. The Hall–Kier alpha value is -1.79. The number of ether oxygens (including phenoxy) is 2. The van der Waals surface area contributed by atoms with Crippen LogP contribution in [0.2, 0.25) is 5.02 Å². The second kappa shape index (κ2) is 6.11. The van der Waals surface area contributed by atoms with E-state index in [9.17, 15) is 9.59 Å². The first-order valence-corrected chi connectivity index (χ1v) is 6.40. The summed E-state index contributed by atoms with van der Waals surface area (Å²) in [5, 5.41) is 0.320. The van der Waals surface area contributed by atoms with E-state index in [-0.39, 0.29) is 12.5 Å². The predicted molar refractivity (Wildman–Crippen MR) is 74.3 cm³/mol. The van der Waals surface area contributed by atoms with Gasteiger partial charge in [0.15, 0.2) is 0 Å². The van der Waals surface area contributed by atoms with E-state index in [1.54, 1.807) is 25.3 Å². The molecule has 1 aromatic rings. The molecular formula is C13H15ClN2O4. The smallest absolute Gasteiger partial charge is 0.332 e. The molecule has 0 radical (unpaired) electrons. The molecule has 20 heavy (non-hydrogen) atoms. The number of imide groups is 1. The number of amides is 3. The molecule has 1 aromatic carbocycles. The van der Waals surface area contributed by atoms with Gasteiger partial charge in [-0.2, -0.15) is 0 Å². The summed E-state index contributed by atoms with van der Waals surface area (Å²) in [6, 6.07) is 4.42.